The molecule has 1 atom stereocenters. The van der Waals surface area contributed by atoms with Gasteiger partial charge < -0.3 is 5.11 Å². The number of benzene rings is 1. The van der Waals surface area contributed by atoms with Crippen molar-refractivity contribution < 1.29 is 5.11 Å². The lowest BCUT2D eigenvalue weighted by atomic mass is 9.99. The molecule has 72 valence electrons. The van der Waals surface area contributed by atoms with E-state index in [0.29, 0.717) is 17.5 Å². The van der Waals surface area contributed by atoms with Crippen molar-refractivity contribution in [1.82, 2.24) is 0 Å². The Hall–Kier alpha value is -0.690. The zero-order chi connectivity index (χ0) is 9.68. The van der Waals surface area contributed by atoms with Gasteiger partial charge >= 0.3 is 0 Å². The monoisotopic (exact) mass is 198 g/mol. The van der Waals surface area contributed by atoms with Gasteiger partial charge in [0.15, 0.2) is 0 Å². The number of halogens is 1. The highest BCUT2D eigenvalue weighted by Gasteiger charge is 2.05. The van der Waals surface area contributed by atoms with Crippen LogP contribution in [0.2, 0.25) is 0 Å². The van der Waals surface area contributed by atoms with E-state index in [-0.39, 0.29) is 0 Å². The lowest BCUT2D eigenvalue weighted by molar-refractivity contribution is 0.473. The molecule has 2 heteroatoms. The first-order valence-corrected chi connectivity index (χ1v) is 5.13. The van der Waals surface area contributed by atoms with E-state index in [1.807, 2.05) is 12.1 Å². The fraction of sp³-hybridized carbons (Fsp3) is 0.455. The number of phenolic OH excluding ortho intramolecular Hbond substituents is 1. The molecule has 0 bridgehead atoms. The smallest absolute Gasteiger partial charge is 0.115 e. The summed E-state index contributed by atoms with van der Waals surface area (Å²) in [6.07, 6.45) is 2.04. The summed E-state index contributed by atoms with van der Waals surface area (Å²) in [4.78, 5) is 0. The SMILES string of the molecule is CCC(CCl)Cc1cccc(O)c1. The highest BCUT2D eigenvalue weighted by atomic mass is 35.5. The van der Waals surface area contributed by atoms with Gasteiger partial charge in [-0.15, -0.1) is 11.6 Å². The molecule has 1 N–H and O–H groups in total. The Labute approximate surface area is 84.4 Å². The van der Waals surface area contributed by atoms with Gasteiger partial charge in [0.2, 0.25) is 0 Å². The second-order valence-electron chi connectivity index (χ2n) is 3.30. The third-order valence-corrected chi connectivity index (χ3v) is 2.67. The first-order chi connectivity index (χ1) is 6.26. The molecule has 1 nitrogen and oxygen atoms in total. The molecule has 0 spiro atoms. The van der Waals surface area contributed by atoms with E-state index in [1.54, 1.807) is 12.1 Å². The van der Waals surface area contributed by atoms with Crippen LogP contribution in [0.25, 0.3) is 0 Å². The fourth-order valence-electron chi connectivity index (χ4n) is 1.32. The summed E-state index contributed by atoms with van der Waals surface area (Å²) in [5.41, 5.74) is 1.16. The molecule has 1 rings (SSSR count). The Morgan fingerprint density at radius 3 is 2.77 bits per heavy atom. The van der Waals surface area contributed by atoms with Crippen LogP contribution < -0.4 is 0 Å². The Morgan fingerprint density at radius 1 is 1.46 bits per heavy atom. The number of hydrogen-bond acceptors (Lipinski definition) is 1. The maximum absolute atomic E-state index is 9.24. The minimum Gasteiger partial charge on any atom is -0.508 e. The molecule has 0 radical (unpaired) electrons. The van der Waals surface area contributed by atoms with Crippen LogP contribution in [-0.4, -0.2) is 11.0 Å². The number of alkyl halides is 1. The summed E-state index contributed by atoms with van der Waals surface area (Å²) < 4.78 is 0. The molecule has 1 aromatic rings. The van der Waals surface area contributed by atoms with E-state index >= 15 is 0 Å². The predicted octanol–water partition coefficient (Wildman–Crippen LogP) is 3.20. The molecule has 0 aromatic heterocycles. The molecule has 0 saturated carbocycles. The fourth-order valence-corrected chi connectivity index (χ4v) is 1.65. The molecule has 1 aromatic carbocycles. The number of rotatable bonds is 4. The van der Waals surface area contributed by atoms with Crippen molar-refractivity contribution in [2.75, 3.05) is 5.88 Å². The summed E-state index contributed by atoms with van der Waals surface area (Å²) in [5.74, 6) is 1.54. The summed E-state index contributed by atoms with van der Waals surface area (Å²) in [6.45, 7) is 2.13. The lowest BCUT2D eigenvalue weighted by Gasteiger charge is -2.10. The Balaban J connectivity index is 2.62. The Bertz CT molecular complexity index is 256. The lowest BCUT2D eigenvalue weighted by Crippen LogP contribution is -2.04. The maximum Gasteiger partial charge on any atom is 0.115 e. The molecule has 0 amide bonds. The van der Waals surface area contributed by atoms with Crippen molar-refractivity contribution in [1.29, 1.82) is 0 Å². The van der Waals surface area contributed by atoms with Crippen molar-refractivity contribution in [2.45, 2.75) is 19.8 Å². The largest absolute Gasteiger partial charge is 0.508 e. The van der Waals surface area contributed by atoms with Crippen molar-refractivity contribution in [3.05, 3.63) is 29.8 Å². The molecule has 0 fully saturated rings. The van der Waals surface area contributed by atoms with E-state index < -0.39 is 0 Å². The summed E-state index contributed by atoms with van der Waals surface area (Å²) >= 11 is 5.79. The van der Waals surface area contributed by atoms with Crippen LogP contribution in [0.15, 0.2) is 24.3 Å². The Kier molecular flexibility index (Phi) is 4.10. The summed E-state index contributed by atoms with van der Waals surface area (Å²) in [5, 5.41) is 9.24. The van der Waals surface area contributed by atoms with Crippen LogP contribution in [-0.2, 0) is 6.42 Å². The van der Waals surface area contributed by atoms with Crippen LogP contribution in [0.1, 0.15) is 18.9 Å². The number of phenols is 1. The first kappa shape index (κ1) is 10.4. The first-order valence-electron chi connectivity index (χ1n) is 4.60. The van der Waals surface area contributed by atoms with Crippen LogP contribution in [0.4, 0.5) is 0 Å². The molecule has 0 saturated heterocycles. The molecule has 0 aliphatic carbocycles. The second-order valence-corrected chi connectivity index (χ2v) is 3.61. The normalized spacial score (nSPS) is 12.8. The second kappa shape index (κ2) is 5.13. The maximum atomic E-state index is 9.24. The Morgan fingerprint density at radius 2 is 2.23 bits per heavy atom. The quantitative estimate of drug-likeness (QED) is 0.737. The van der Waals surface area contributed by atoms with Crippen LogP contribution in [0.5, 0.6) is 5.75 Å². The van der Waals surface area contributed by atoms with Crippen molar-refractivity contribution in [2.24, 2.45) is 5.92 Å². The zero-order valence-corrected chi connectivity index (χ0v) is 8.59. The van der Waals surface area contributed by atoms with Crippen LogP contribution in [0, 0.1) is 5.92 Å². The average Bonchev–Trinajstić information content (AvgIpc) is 2.14. The van der Waals surface area contributed by atoms with Gasteiger partial charge in [-0.05, 0) is 30.0 Å². The topological polar surface area (TPSA) is 20.2 Å². The van der Waals surface area contributed by atoms with Gasteiger partial charge in [-0.25, -0.2) is 0 Å². The van der Waals surface area contributed by atoms with Crippen LogP contribution in [0.3, 0.4) is 0 Å². The minimum atomic E-state index is 0.335. The third-order valence-electron chi connectivity index (χ3n) is 2.23. The molecule has 1 unspecified atom stereocenters. The molecular formula is C11H15ClO. The van der Waals surface area contributed by atoms with Gasteiger partial charge in [-0.1, -0.05) is 25.5 Å². The third kappa shape index (κ3) is 3.27. The van der Waals surface area contributed by atoms with E-state index in [9.17, 15) is 5.11 Å². The zero-order valence-electron chi connectivity index (χ0n) is 7.83. The molecule has 0 aliphatic rings. The molecule has 0 heterocycles. The van der Waals surface area contributed by atoms with Gasteiger partial charge in [-0.3, -0.25) is 0 Å². The van der Waals surface area contributed by atoms with E-state index in [1.165, 1.54) is 0 Å². The minimum absolute atomic E-state index is 0.335. The van der Waals surface area contributed by atoms with Gasteiger partial charge in [0.1, 0.15) is 5.75 Å². The van der Waals surface area contributed by atoms with Gasteiger partial charge in [-0.2, -0.15) is 0 Å². The standard InChI is InChI=1S/C11H15ClO/c1-2-9(8-12)6-10-4-3-5-11(13)7-10/h3-5,7,9,13H,2,6,8H2,1H3. The van der Waals surface area contributed by atoms with Crippen molar-refractivity contribution in [3.8, 4) is 5.75 Å². The highest BCUT2D eigenvalue weighted by molar-refractivity contribution is 6.18. The predicted molar refractivity (Wildman–Crippen MR) is 56.3 cm³/mol. The average molecular weight is 199 g/mol. The number of hydrogen-bond donors (Lipinski definition) is 1. The van der Waals surface area contributed by atoms with Gasteiger partial charge in [0.05, 0.1) is 0 Å². The van der Waals surface area contributed by atoms with E-state index in [4.69, 9.17) is 11.6 Å². The van der Waals surface area contributed by atoms with E-state index in [0.717, 1.165) is 18.4 Å². The van der Waals surface area contributed by atoms with Crippen LogP contribution >= 0.6 is 11.6 Å². The van der Waals surface area contributed by atoms with Gasteiger partial charge in [0, 0.05) is 5.88 Å². The van der Waals surface area contributed by atoms with E-state index in [2.05, 4.69) is 6.92 Å². The van der Waals surface area contributed by atoms with Crippen molar-refractivity contribution >= 4 is 11.6 Å². The number of aromatic hydroxyl groups is 1. The summed E-state index contributed by atoms with van der Waals surface area (Å²) in [7, 11) is 0. The van der Waals surface area contributed by atoms with Gasteiger partial charge in [0.25, 0.3) is 0 Å². The molecule has 13 heavy (non-hydrogen) atoms. The summed E-state index contributed by atoms with van der Waals surface area (Å²) in [6, 6.07) is 7.38. The highest BCUT2D eigenvalue weighted by Crippen LogP contribution is 2.17. The van der Waals surface area contributed by atoms with Crippen molar-refractivity contribution in [3.63, 3.8) is 0 Å². The molecule has 0 aliphatic heterocycles. The molecular weight excluding hydrogens is 184 g/mol.